The largest absolute Gasteiger partial charge is 0.448 e. The molecule has 1 N–H and O–H groups in total. The molecule has 0 unspecified atom stereocenters. The number of benzene rings is 2. The summed E-state index contributed by atoms with van der Waals surface area (Å²) in [6.07, 6.45) is -0.950. The van der Waals surface area contributed by atoms with Crippen molar-refractivity contribution in [2.45, 2.75) is 20.0 Å². The van der Waals surface area contributed by atoms with Crippen molar-refractivity contribution in [3.63, 3.8) is 0 Å². The maximum atomic E-state index is 12.3. The van der Waals surface area contributed by atoms with E-state index in [1.165, 1.54) is 18.3 Å². The summed E-state index contributed by atoms with van der Waals surface area (Å²) < 4.78 is 5.24. The summed E-state index contributed by atoms with van der Waals surface area (Å²) in [5.41, 5.74) is 2.65. The summed E-state index contributed by atoms with van der Waals surface area (Å²) in [5.74, 6) is -1.05. The first-order valence-corrected chi connectivity index (χ1v) is 9.48. The van der Waals surface area contributed by atoms with Gasteiger partial charge in [0.05, 0.1) is 0 Å². The summed E-state index contributed by atoms with van der Waals surface area (Å²) in [6.45, 7) is 3.45. The van der Waals surface area contributed by atoms with E-state index in [4.69, 9.17) is 16.3 Å². The minimum absolute atomic E-state index is 0.158. The second-order valence-electron chi connectivity index (χ2n) is 5.95. The smallest absolute Gasteiger partial charge is 0.358 e. The molecule has 0 aliphatic carbocycles. The van der Waals surface area contributed by atoms with E-state index in [0.717, 1.165) is 11.1 Å². The van der Waals surface area contributed by atoms with Gasteiger partial charge in [0.25, 0.3) is 5.91 Å². The number of halogens is 1. The van der Waals surface area contributed by atoms with Gasteiger partial charge in [-0.25, -0.2) is 9.78 Å². The fourth-order valence-electron chi connectivity index (χ4n) is 2.36. The van der Waals surface area contributed by atoms with Gasteiger partial charge < -0.3 is 10.1 Å². The molecule has 7 heteroatoms. The van der Waals surface area contributed by atoms with Crippen molar-refractivity contribution < 1.29 is 14.3 Å². The Morgan fingerprint density at radius 3 is 2.70 bits per heavy atom. The number of aromatic nitrogens is 1. The highest BCUT2D eigenvalue weighted by Gasteiger charge is 2.21. The summed E-state index contributed by atoms with van der Waals surface area (Å²) in [6, 6.07) is 14.6. The van der Waals surface area contributed by atoms with Gasteiger partial charge in [-0.1, -0.05) is 35.9 Å². The molecule has 0 spiro atoms. The van der Waals surface area contributed by atoms with Crippen LogP contribution in [0.5, 0.6) is 0 Å². The SMILES string of the molecule is Cc1cccc(NC(=O)[C@H](C)OC(=O)c2csc(-c3cccc(Cl)c3)n2)c1. The third kappa shape index (κ3) is 4.93. The maximum absolute atomic E-state index is 12.3. The molecule has 0 aliphatic rings. The summed E-state index contributed by atoms with van der Waals surface area (Å²) in [5, 5.41) is 5.57. The molecule has 3 rings (SSSR count). The van der Waals surface area contributed by atoms with Crippen LogP contribution in [0.2, 0.25) is 5.02 Å². The topological polar surface area (TPSA) is 68.3 Å². The monoisotopic (exact) mass is 400 g/mol. The first-order valence-electron chi connectivity index (χ1n) is 8.22. The molecule has 1 amide bonds. The molecule has 27 heavy (non-hydrogen) atoms. The molecule has 5 nitrogen and oxygen atoms in total. The molecule has 0 fully saturated rings. The Balaban J connectivity index is 1.64. The molecule has 1 aromatic heterocycles. The number of hydrogen-bond donors (Lipinski definition) is 1. The number of thiazole rings is 1. The van der Waals surface area contributed by atoms with Crippen LogP contribution in [0.1, 0.15) is 23.0 Å². The van der Waals surface area contributed by atoms with Gasteiger partial charge in [0.2, 0.25) is 0 Å². The summed E-state index contributed by atoms with van der Waals surface area (Å²) in [7, 11) is 0. The number of rotatable bonds is 5. The first-order chi connectivity index (χ1) is 12.9. The molecule has 0 saturated carbocycles. The van der Waals surface area contributed by atoms with E-state index in [2.05, 4.69) is 10.3 Å². The molecule has 2 aromatic carbocycles. The predicted molar refractivity (Wildman–Crippen MR) is 107 cm³/mol. The number of nitrogens with zero attached hydrogens (tertiary/aromatic N) is 1. The molecule has 3 aromatic rings. The quantitative estimate of drug-likeness (QED) is 0.615. The number of aryl methyl sites for hydroxylation is 1. The normalized spacial score (nSPS) is 11.7. The average Bonchev–Trinajstić information content (AvgIpc) is 3.12. The number of amides is 1. The van der Waals surface area contributed by atoms with Crippen molar-refractivity contribution in [2.24, 2.45) is 0 Å². The Labute approximate surface area is 166 Å². The Kier molecular flexibility index (Phi) is 5.88. The Morgan fingerprint density at radius 1 is 1.19 bits per heavy atom. The third-order valence-corrected chi connectivity index (χ3v) is 4.85. The highest BCUT2D eigenvalue weighted by Crippen LogP contribution is 2.26. The van der Waals surface area contributed by atoms with Crippen LogP contribution in [0, 0.1) is 6.92 Å². The van der Waals surface area contributed by atoms with Crippen molar-refractivity contribution in [1.29, 1.82) is 0 Å². The van der Waals surface area contributed by atoms with E-state index in [1.807, 2.05) is 37.3 Å². The van der Waals surface area contributed by atoms with Crippen LogP contribution in [0.25, 0.3) is 10.6 Å². The van der Waals surface area contributed by atoms with Gasteiger partial charge in [-0.15, -0.1) is 11.3 Å². The van der Waals surface area contributed by atoms with Crippen LogP contribution in [0.3, 0.4) is 0 Å². The van der Waals surface area contributed by atoms with Crippen LogP contribution in [-0.2, 0) is 9.53 Å². The number of nitrogens with one attached hydrogen (secondary N) is 1. The number of esters is 1. The minimum Gasteiger partial charge on any atom is -0.448 e. The molecule has 0 saturated heterocycles. The molecular weight excluding hydrogens is 384 g/mol. The van der Waals surface area contributed by atoms with E-state index >= 15 is 0 Å². The van der Waals surface area contributed by atoms with Crippen LogP contribution in [0.4, 0.5) is 5.69 Å². The first kappa shape index (κ1) is 19.1. The average molecular weight is 401 g/mol. The number of carbonyl (C=O) groups is 2. The molecule has 0 radical (unpaired) electrons. The van der Waals surface area contributed by atoms with E-state index in [1.54, 1.807) is 23.6 Å². The van der Waals surface area contributed by atoms with E-state index in [0.29, 0.717) is 15.7 Å². The van der Waals surface area contributed by atoms with Crippen molar-refractivity contribution in [3.05, 3.63) is 70.2 Å². The molecule has 1 heterocycles. The van der Waals surface area contributed by atoms with Crippen molar-refractivity contribution in [3.8, 4) is 10.6 Å². The zero-order valence-corrected chi connectivity index (χ0v) is 16.3. The highest BCUT2D eigenvalue weighted by molar-refractivity contribution is 7.13. The Morgan fingerprint density at radius 2 is 1.96 bits per heavy atom. The predicted octanol–water partition coefficient (Wildman–Crippen LogP) is 4.96. The fraction of sp³-hybridized carbons (Fsp3) is 0.150. The minimum atomic E-state index is -0.950. The van der Waals surface area contributed by atoms with Gasteiger partial charge in [-0.3, -0.25) is 4.79 Å². The fourth-order valence-corrected chi connectivity index (χ4v) is 3.34. The van der Waals surface area contributed by atoms with Crippen LogP contribution in [0.15, 0.2) is 53.9 Å². The van der Waals surface area contributed by atoms with Crippen molar-refractivity contribution in [2.75, 3.05) is 5.32 Å². The van der Waals surface area contributed by atoms with Crippen molar-refractivity contribution >= 4 is 40.5 Å². The lowest BCUT2D eigenvalue weighted by Crippen LogP contribution is -2.30. The number of carbonyl (C=O) groups excluding carboxylic acids is 2. The lowest BCUT2D eigenvalue weighted by molar-refractivity contribution is -0.123. The standard InChI is InChI=1S/C20H17ClN2O3S/c1-12-5-3-8-16(9-12)22-18(24)13(2)26-20(25)17-11-27-19(23-17)14-6-4-7-15(21)10-14/h3-11,13H,1-2H3,(H,22,24)/t13-/m0/s1. The Bertz CT molecular complexity index is 987. The zero-order valence-electron chi connectivity index (χ0n) is 14.7. The van der Waals surface area contributed by atoms with E-state index < -0.39 is 18.0 Å². The van der Waals surface area contributed by atoms with Gasteiger partial charge in [0.1, 0.15) is 5.01 Å². The van der Waals surface area contributed by atoms with Crippen LogP contribution >= 0.6 is 22.9 Å². The molecule has 1 atom stereocenters. The number of ether oxygens (including phenoxy) is 1. The van der Waals surface area contributed by atoms with Gasteiger partial charge in [0.15, 0.2) is 11.8 Å². The zero-order chi connectivity index (χ0) is 19.4. The summed E-state index contributed by atoms with van der Waals surface area (Å²) >= 11 is 7.29. The van der Waals surface area contributed by atoms with Crippen LogP contribution in [-0.4, -0.2) is 23.0 Å². The molecule has 0 aliphatic heterocycles. The van der Waals surface area contributed by atoms with Gasteiger partial charge >= 0.3 is 5.97 Å². The van der Waals surface area contributed by atoms with Gasteiger partial charge in [-0.2, -0.15) is 0 Å². The summed E-state index contributed by atoms with van der Waals surface area (Å²) in [4.78, 5) is 28.8. The third-order valence-electron chi connectivity index (χ3n) is 3.72. The van der Waals surface area contributed by atoms with E-state index in [-0.39, 0.29) is 5.69 Å². The second kappa shape index (κ2) is 8.33. The Hall–Kier alpha value is -2.70. The molecule has 138 valence electrons. The van der Waals surface area contributed by atoms with Crippen LogP contribution < -0.4 is 5.32 Å². The second-order valence-corrected chi connectivity index (χ2v) is 7.25. The molecule has 0 bridgehead atoms. The van der Waals surface area contributed by atoms with Gasteiger partial charge in [0, 0.05) is 21.7 Å². The van der Waals surface area contributed by atoms with Gasteiger partial charge in [-0.05, 0) is 43.7 Å². The highest BCUT2D eigenvalue weighted by atomic mass is 35.5. The number of hydrogen-bond acceptors (Lipinski definition) is 5. The molecular formula is C20H17ClN2O3S. The lowest BCUT2D eigenvalue weighted by atomic mass is 10.2. The number of anilines is 1. The van der Waals surface area contributed by atoms with Crippen molar-refractivity contribution in [1.82, 2.24) is 4.98 Å². The maximum Gasteiger partial charge on any atom is 0.358 e. The lowest BCUT2D eigenvalue weighted by Gasteiger charge is -2.13. The van der Waals surface area contributed by atoms with E-state index in [9.17, 15) is 9.59 Å².